The Bertz CT molecular complexity index is 490. The first-order valence-electron chi connectivity index (χ1n) is 6.18. The number of carbonyl (C=O) groups is 1. The average Bonchev–Trinajstić information content (AvgIpc) is 2.43. The first-order valence-corrected chi connectivity index (χ1v) is 6.18. The van der Waals surface area contributed by atoms with Crippen molar-refractivity contribution in [2.24, 2.45) is 0 Å². The van der Waals surface area contributed by atoms with E-state index in [0.29, 0.717) is 24.3 Å². The highest BCUT2D eigenvalue weighted by molar-refractivity contribution is 5.72. The molecule has 21 heavy (non-hydrogen) atoms. The predicted octanol–water partition coefficient (Wildman–Crippen LogP) is 1.77. The van der Waals surface area contributed by atoms with Gasteiger partial charge in [-0.3, -0.25) is 4.79 Å². The molecule has 0 aliphatic heterocycles. The standard InChI is InChI=1S/C13H17NO7/c1-9(15)21-13-11(18-2)7-10(8-12(13)19-3)5-4-6-20-14(16)17/h7-8H,4-6H2,1-3H3. The molecule has 0 unspecified atom stereocenters. The fourth-order valence-electron chi connectivity index (χ4n) is 1.74. The van der Waals surface area contributed by atoms with Gasteiger partial charge in [0, 0.05) is 6.92 Å². The van der Waals surface area contributed by atoms with Crippen LogP contribution in [0.1, 0.15) is 18.9 Å². The van der Waals surface area contributed by atoms with Crippen LogP contribution in [-0.2, 0) is 16.1 Å². The maximum atomic E-state index is 11.1. The summed E-state index contributed by atoms with van der Waals surface area (Å²) >= 11 is 0. The second-order valence-corrected chi connectivity index (χ2v) is 4.08. The van der Waals surface area contributed by atoms with Crippen LogP contribution < -0.4 is 14.2 Å². The first kappa shape index (κ1) is 16.5. The normalized spacial score (nSPS) is 9.86. The van der Waals surface area contributed by atoms with Crippen LogP contribution in [0, 0.1) is 10.1 Å². The summed E-state index contributed by atoms with van der Waals surface area (Å²) in [4.78, 5) is 25.4. The number of rotatable bonds is 8. The van der Waals surface area contributed by atoms with Crippen LogP contribution in [0.5, 0.6) is 17.2 Å². The summed E-state index contributed by atoms with van der Waals surface area (Å²) in [6.45, 7) is 1.28. The molecule has 116 valence electrons. The van der Waals surface area contributed by atoms with Crippen molar-refractivity contribution in [2.75, 3.05) is 20.8 Å². The Hall–Kier alpha value is -2.51. The lowest BCUT2D eigenvalue weighted by Crippen LogP contribution is -2.06. The first-order chi connectivity index (χ1) is 9.97. The van der Waals surface area contributed by atoms with Gasteiger partial charge in [-0.25, -0.2) is 0 Å². The highest BCUT2D eigenvalue weighted by Gasteiger charge is 2.16. The Morgan fingerprint density at radius 2 is 1.81 bits per heavy atom. The molecule has 1 aromatic rings. The van der Waals surface area contributed by atoms with Crippen molar-refractivity contribution in [3.63, 3.8) is 0 Å². The van der Waals surface area contributed by atoms with Crippen LogP contribution in [0.4, 0.5) is 0 Å². The molecule has 0 fully saturated rings. The molecule has 1 rings (SSSR count). The highest BCUT2D eigenvalue weighted by atomic mass is 16.9. The molecule has 0 amide bonds. The van der Waals surface area contributed by atoms with E-state index >= 15 is 0 Å². The van der Waals surface area contributed by atoms with E-state index in [1.165, 1.54) is 21.1 Å². The Kier molecular flexibility index (Phi) is 6.25. The van der Waals surface area contributed by atoms with E-state index in [-0.39, 0.29) is 12.4 Å². The van der Waals surface area contributed by atoms with Gasteiger partial charge in [0.1, 0.15) is 0 Å². The van der Waals surface area contributed by atoms with E-state index in [0.717, 1.165) is 5.56 Å². The molecule has 0 bridgehead atoms. The smallest absolute Gasteiger partial charge is 0.308 e. The van der Waals surface area contributed by atoms with Gasteiger partial charge >= 0.3 is 5.97 Å². The maximum absolute atomic E-state index is 11.1. The van der Waals surface area contributed by atoms with Crippen molar-refractivity contribution in [3.05, 3.63) is 27.8 Å². The fourth-order valence-corrected chi connectivity index (χ4v) is 1.74. The van der Waals surface area contributed by atoms with Crippen LogP contribution >= 0.6 is 0 Å². The zero-order valence-electron chi connectivity index (χ0n) is 12.1. The second kappa shape index (κ2) is 7.93. The minimum atomic E-state index is -0.828. The molecule has 0 aliphatic carbocycles. The molecule has 0 saturated carbocycles. The van der Waals surface area contributed by atoms with Crippen LogP contribution in [0.25, 0.3) is 0 Å². The summed E-state index contributed by atoms with van der Waals surface area (Å²) in [7, 11) is 2.89. The summed E-state index contributed by atoms with van der Waals surface area (Å²) in [5, 5.41) is 9.23. The van der Waals surface area contributed by atoms with Crippen molar-refractivity contribution in [3.8, 4) is 17.2 Å². The fraction of sp³-hybridized carbons (Fsp3) is 0.462. The largest absolute Gasteiger partial charge is 0.493 e. The van der Waals surface area contributed by atoms with Gasteiger partial charge in [-0.15, -0.1) is 10.1 Å². The van der Waals surface area contributed by atoms with Gasteiger partial charge in [0.15, 0.2) is 11.5 Å². The van der Waals surface area contributed by atoms with E-state index in [1.54, 1.807) is 12.1 Å². The molecule has 0 saturated heterocycles. The van der Waals surface area contributed by atoms with E-state index in [4.69, 9.17) is 14.2 Å². The summed E-state index contributed by atoms with van der Waals surface area (Å²) < 4.78 is 15.4. The number of hydrogen-bond donors (Lipinski definition) is 0. The van der Waals surface area contributed by atoms with E-state index in [9.17, 15) is 14.9 Å². The predicted molar refractivity (Wildman–Crippen MR) is 72.1 cm³/mol. The molecule has 0 N–H and O–H groups in total. The Morgan fingerprint density at radius 1 is 1.24 bits per heavy atom. The average molecular weight is 299 g/mol. The Labute approximate surface area is 121 Å². The summed E-state index contributed by atoms with van der Waals surface area (Å²) in [6, 6.07) is 3.37. The van der Waals surface area contributed by atoms with Gasteiger partial charge in [0.25, 0.3) is 5.09 Å². The van der Waals surface area contributed by atoms with Crippen LogP contribution in [0.2, 0.25) is 0 Å². The molecule has 8 heteroatoms. The molecule has 0 aromatic heterocycles. The second-order valence-electron chi connectivity index (χ2n) is 4.08. The van der Waals surface area contributed by atoms with Gasteiger partial charge in [-0.05, 0) is 30.5 Å². The van der Waals surface area contributed by atoms with Gasteiger partial charge in [-0.2, -0.15) is 0 Å². The Balaban J connectivity index is 2.87. The van der Waals surface area contributed by atoms with Crippen molar-refractivity contribution in [2.45, 2.75) is 19.8 Å². The number of aryl methyl sites for hydroxylation is 1. The molecular formula is C13H17NO7. The molecule has 0 radical (unpaired) electrons. The number of benzene rings is 1. The zero-order valence-corrected chi connectivity index (χ0v) is 12.1. The van der Waals surface area contributed by atoms with Crippen LogP contribution in [-0.4, -0.2) is 31.9 Å². The molecule has 0 heterocycles. The SMILES string of the molecule is COc1cc(CCCO[N+](=O)[O-])cc(OC)c1OC(C)=O. The van der Waals surface area contributed by atoms with Crippen molar-refractivity contribution < 1.29 is 28.9 Å². The molecule has 0 aliphatic rings. The van der Waals surface area contributed by atoms with Gasteiger partial charge in [0.05, 0.1) is 20.8 Å². The molecule has 1 aromatic carbocycles. The molecule has 0 atom stereocenters. The topological polar surface area (TPSA) is 97.1 Å². The number of nitrogens with zero attached hydrogens (tertiary/aromatic N) is 1. The number of esters is 1. The van der Waals surface area contributed by atoms with Crippen molar-refractivity contribution in [1.29, 1.82) is 0 Å². The van der Waals surface area contributed by atoms with Gasteiger partial charge < -0.3 is 19.0 Å². The van der Waals surface area contributed by atoms with Gasteiger partial charge in [-0.1, -0.05) is 0 Å². The van der Waals surface area contributed by atoms with Crippen molar-refractivity contribution >= 4 is 5.97 Å². The minimum Gasteiger partial charge on any atom is -0.493 e. The third kappa shape index (κ3) is 5.17. The van der Waals surface area contributed by atoms with E-state index in [1.807, 2.05) is 0 Å². The number of ether oxygens (including phenoxy) is 3. The van der Waals surface area contributed by atoms with Gasteiger partial charge in [0.2, 0.25) is 5.75 Å². The quantitative estimate of drug-likeness (QED) is 0.237. The minimum absolute atomic E-state index is 0.00330. The summed E-state index contributed by atoms with van der Waals surface area (Å²) in [6.07, 6.45) is 0.987. The third-order valence-corrected chi connectivity index (χ3v) is 2.57. The number of hydrogen-bond acceptors (Lipinski definition) is 7. The van der Waals surface area contributed by atoms with E-state index in [2.05, 4.69) is 4.84 Å². The van der Waals surface area contributed by atoms with Crippen LogP contribution in [0.3, 0.4) is 0 Å². The van der Waals surface area contributed by atoms with Crippen molar-refractivity contribution in [1.82, 2.24) is 0 Å². The third-order valence-electron chi connectivity index (χ3n) is 2.57. The molecule has 0 spiro atoms. The lowest BCUT2D eigenvalue weighted by atomic mass is 10.1. The number of carbonyl (C=O) groups excluding carboxylic acids is 1. The van der Waals surface area contributed by atoms with E-state index < -0.39 is 11.1 Å². The molecular weight excluding hydrogens is 282 g/mol. The number of methoxy groups -OCH3 is 2. The highest BCUT2D eigenvalue weighted by Crippen LogP contribution is 2.38. The molecule has 8 nitrogen and oxygen atoms in total. The Morgan fingerprint density at radius 3 is 2.24 bits per heavy atom. The van der Waals surface area contributed by atoms with Crippen LogP contribution in [0.15, 0.2) is 12.1 Å². The summed E-state index contributed by atoms with van der Waals surface area (Å²) in [5.41, 5.74) is 0.826. The summed E-state index contributed by atoms with van der Waals surface area (Å²) in [5.74, 6) is 0.431. The lowest BCUT2D eigenvalue weighted by Gasteiger charge is -2.14. The zero-order chi connectivity index (χ0) is 15.8. The lowest BCUT2D eigenvalue weighted by molar-refractivity contribution is -0.757. The maximum Gasteiger partial charge on any atom is 0.308 e. The monoisotopic (exact) mass is 299 g/mol.